The van der Waals surface area contributed by atoms with Crippen molar-refractivity contribution >= 4 is 0 Å². The molecule has 0 bridgehead atoms. The lowest BCUT2D eigenvalue weighted by molar-refractivity contribution is 0.267. The molecule has 1 aromatic rings. The summed E-state index contributed by atoms with van der Waals surface area (Å²) in [5, 5.41) is 3.45. The van der Waals surface area contributed by atoms with Gasteiger partial charge in [0.15, 0.2) is 0 Å². The Hall–Kier alpha value is -1.42. The van der Waals surface area contributed by atoms with Crippen molar-refractivity contribution in [3.8, 4) is 17.2 Å². The van der Waals surface area contributed by atoms with Crippen LogP contribution in [0.3, 0.4) is 0 Å². The van der Waals surface area contributed by atoms with E-state index in [4.69, 9.17) is 14.2 Å². The van der Waals surface area contributed by atoms with E-state index in [0.29, 0.717) is 12.1 Å². The van der Waals surface area contributed by atoms with Crippen LogP contribution in [0.2, 0.25) is 0 Å². The third-order valence-corrected chi connectivity index (χ3v) is 3.18. The van der Waals surface area contributed by atoms with Gasteiger partial charge < -0.3 is 19.5 Å². The zero-order valence-corrected chi connectivity index (χ0v) is 10.7. The van der Waals surface area contributed by atoms with Gasteiger partial charge in [-0.1, -0.05) is 0 Å². The SMILES string of the molecule is COc1cc(OC)c(C2CC(C)N2)c(OC)c1. The highest BCUT2D eigenvalue weighted by atomic mass is 16.5. The zero-order chi connectivity index (χ0) is 12.4. The predicted molar refractivity (Wildman–Crippen MR) is 66.1 cm³/mol. The van der Waals surface area contributed by atoms with Gasteiger partial charge in [0.2, 0.25) is 0 Å². The van der Waals surface area contributed by atoms with Gasteiger partial charge in [0, 0.05) is 24.2 Å². The summed E-state index contributed by atoms with van der Waals surface area (Å²) >= 11 is 0. The van der Waals surface area contributed by atoms with Crippen molar-refractivity contribution in [2.75, 3.05) is 21.3 Å². The van der Waals surface area contributed by atoms with Crippen molar-refractivity contribution in [1.82, 2.24) is 5.32 Å². The molecule has 1 saturated heterocycles. The monoisotopic (exact) mass is 237 g/mol. The summed E-state index contributed by atoms with van der Waals surface area (Å²) in [6, 6.07) is 4.64. The molecule has 1 aliphatic rings. The van der Waals surface area contributed by atoms with Crippen LogP contribution in [-0.2, 0) is 0 Å². The lowest BCUT2D eigenvalue weighted by atomic mass is 9.90. The maximum absolute atomic E-state index is 5.42. The van der Waals surface area contributed by atoms with Crippen LogP contribution in [0.1, 0.15) is 24.9 Å². The molecule has 1 aliphatic heterocycles. The predicted octanol–water partition coefficient (Wildman–Crippen LogP) is 2.14. The molecule has 2 atom stereocenters. The van der Waals surface area contributed by atoms with Crippen LogP contribution in [0.4, 0.5) is 0 Å². The van der Waals surface area contributed by atoms with Crippen LogP contribution in [-0.4, -0.2) is 27.4 Å². The molecular weight excluding hydrogens is 218 g/mol. The lowest BCUT2D eigenvalue weighted by Gasteiger charge is -2.36. The maximum Gasteiger partial charge on any atom is 0.131 e. The highest BCUT2D eigenvalue weighted by Crippen LogP contribution is 2.42. The van der Waals surface area contributed by atoms with E-state index in [1.165, 1.54) is 0 Å². The molecular formula is C13H19NO3. The van der Waals surface area contributed by atoms with Crippen molar-refractivity contribution in [3.05, 3.63) is 17.7 Å². The van der Waals surface area contributed by atoms with Gasteiger partial charge in [-0.2, -0.15) is 0 Å². The molecule has 1 fully saturated rings. The van der Waals surface area contributed by atoms with Crippen LogP contribution in [0.5, 0.6) is 17.2 Å². The van der Waals surface area contributed by atoms with E-state index in [0.717, 1.165) is 29.2 Å². The number of methoxy groups -OCH3 is 3. The molecule has 0 spiro atoms. The summed E-state index contributed by atoms with van der Waals surface area (Å²) in [6.45, 7) is 2.17. The van der Waals surface area contributed by atoms with E-state index in [1.807, 2.05) is 12.1 Å². The highest BCUT2D eigenvalue weighted by Gasteiger charge is 2.31. The molecule has 0 aromatic heterocycles. The number of hydrogen-bond donors (Lipinski definition) is 1. The van der Waals surface area contributed by atoms with Crippen LogP contribution in [0, 0.1) is 0 Å². The minimum absolute atomic E-state index is 0.306. The number of hydrogen-bond acceptors (Lipinski definition) is 4. The third-order valence-electron chi connectivity index (χ3n) is 3.18. The molecule has 0 saturated carbocycles. The largest absolute Gasteiger partial charge is 0.496 e. The van der Waals surface area contributed by atoms with Gasteiger partial charge in [0.1, 0.15) is 17.2 Å². The first-order valence-electron chi connectivity index (χ1n) is 5.75. The second kappa shape index (κ2) is 4.84. The summed E-state index contributed by atoms with van der Waals surface area (Å²) in [6.07, 6.45) is 1.10. The summed E-state index contributed by atoms with van der Waals surface area (Å²) in [5.74, 6) is 2.37. The topological polar surface area (TPSA) is 39.7 Å². The van der Waals surface area contributed by atoms with E-state index in [1.54, 1.807) is 21.3 Å². The molecule has 1 aromatic carbocycles. The highest BCUT2D eigenvalue weighted by molar-refractivity contribution is 5.53. The van der Waals surface area contributed by atoms with Gasteiger partial charge in [-0.25, -0.2) is 0 Å². The zero-order valence-electron chi connectivity index (χ0n) is 10.7. The number of nitrogens with one attached hydrogen (secondary N) is 1. The fourth-order valence-electron chi connectivity index (χ4n) is 2.25. The maximum atomic E-state index is 5.42. The van der Waals surface area contributed by atoms with Crippen LogP contribution in [0.15, 0.2) is 12.1 Å². The molecule has 94 valence electrons. The Kier molecular flexibility index (Phi) is 3.43. The molecule has 1 heterocycles. The molecule has 17 heavy (non-hydrogen) atoms. The van der Waals surface area contributed by atoms with Crippen molar-refractivity contribution in [3.63, 3.8) is 0 Å². The van der Waals surface area contributed by atoms with Gasteiger partial charge in [-0.3, -0.25) is 0 Å². The van der Waals surface area contributed by atoms with Crippen LogP contribution < -0.4 is 19.5 Å². The Labute approximate surface area is 102 Å². The van der Waals surface area contributed by atoms with Crippen molar-refractivity contribution in [2.24, 2.45) is 0 Å². The van der Waals surface area contributed by atoms with Crippen LogP contribution >= 0.6 is 0 Å². The number of rotatable bonds is 4. The summed E-state index contributed by atoms with van der Waals surface area (Å²) < 4.78 is 16.1. The number of benzene rings is 1. The summed E-state index contributed by atoms with van der Waals surface area (Å²) in [4.78, 5) is 0. The molecule has 1 N–H and O–H groups in total. The fourth-order valence-corrected chi connectivity index (χ4v) is 2.25. The Morgan fingerprint density at radius 3 is 1.94 bits per heavy atom. The Bertz CT molecular complexity index is 375. The van der Waals surface area contributed by atoms with Gasteiger partial charge in [0.05, 0.1) is 26.9 Å². The smallest absolute Gasteiger partial charge is 0.131 e. The first-order chi connectivity index (χ1) is 8.19. The van der Waals surface area contributed by atoms with Crippen molar-refractivity contribution < 1.29 is 14.2 Å². The summed E-state index contributed by atoms with van der Waals surface area (Å²) in [7, 11) is 4.97. The van der Waals surface area contributed by atoms with Crippen molar-refractivity contribution in [1.29, 1.82) is 0 Å². The fraction of sp³-hybridized carbons (Fsp3) is 0.538. The second-order valence-corrected chi connectivity index (χ2v) is 4.30. The average molecular weight is 237 g/mol. The van der Waals surface area contributed by atoms with Gasteiger partial charge in [-0.05, 0) is 13.3 Å². The van der Waals surface area contributed by atoms with E-state index in [9.17, 15) is 0 Å². The van der Waals surface area contributed by atoms with E-state index < -0.39 is 0 Å². The van der Waals surface area contributed by atoms with E-state index in [2.05, 4.69) is 12.2 Å². The standard InChI is InChI=1S/C13H19NO3/c1-8-5-10(14-8)13-11(16-3)6-9(15-2)7-12(13)17-4/h6-8,10,14H,5H2,1-4H3. The van der Waals surface area contributed by atoms with E-state index >= 15 is 0 Å². The first-order valence-corrected chi connectivity index (χ1v) is 5.75. The molecule has 2 unspecified atom stereocenters. The van der Waals surface area contributed by atoms with Crippen LogP contribution in [0.25, 0.3) is 0 Å². The van der Waals surface area contributed by atoms with Crippen molar-refractivity contribution in [2.45, 2.75) is 25.4 Å². The van der Waals surface area contributed by atoms with Gasteiger partial charge in [-0.15, -0.1) is 0 Å². The molecule has 4 nitrogen and oxygen atoms in total. The average Bonchev–Trinajstić information content (AvgIpc) is 2.33. The Balaban J connectivity index is 2.40. The molecule has 0 radical (unpaired) electrons. The third kappa shape index (κ3) is 2.17. The number of ether oxygens (including phenoxy) is 3. The molecule has 2 rings (SSSR count). The Morgan fingerprint density at radius 2 is 1.59 bits per heavy atom. The minimum atomic E-state index is 0.306. The molecule has 0 aliphatic carbocycles. The van der Waals surface area contributed by atoms with Gasteiger partial charge >= 0.3 is 0 Å². The molecule has 0 amide bonds. The minimum Gasteiger partial charge on any atom is -0.496 e. The molecule has 4 heteroatoms. The first kappa shape index (κ1) is 12.0. The van der Waals surface area contributed by atoms with E-state index in [-0.39, 0.29) is 0 Å². The normalized spacial score (nSPS) is 22.8. The van der Waals surface area contributed by atoms with Gasteiger partial charge in [0.25, 0.3) is 0 Å². The Morgan fingerprint density at radius 1 is 1.06 bits per heavy atom. The quantitative estimate of drug-likeness (QED) is 0.871. The second-order valence-electron chi connectivity index (χ2n) is 4.30. The summed E-state index contributed by atoms with van der Waals surface area (Å²) in [5.41, 5.74) is 1.08. The lowest BCUT2D eigenvalue weighted by Crippen LogP contribution is -2.43.